The van der Waals surface area contributed by atoms with E-state index in [2.05, 4.69) is 19.5 Å². The maximum atomic E-state index is 11.8. The summed E-state index contributed by atoms with van der Waals surface area (Å²) >= 11 is 0. The van der Waals surface area contributed by atoms with Crippen molar-refractivity contribution in [3.8, 4) is 0 Å². The molecule has 0 spiro atoms. The second-order valence-corrected chi connectivity index (χ2v) is 7.07. The van der Waals surface area contributed by atoms with E-state index < -0.39 is 44.0 Å². The van der Waals surface area contributed by atoms with Gasteiger partial charge in [0.05, 0.1) is 19.5 Å². The lowest BCUT2D eigenvalue weighted by atomic mass is 10.0. The third-order valence-corrected chi connectivity index (χ3v) is 4.67. The summed E-state index contributed by atoms with van der Waals surface area (Å²) in [4.78, 5) is 39.9. The fourth-order valence-electron chi connectivity index (χ4n) is 3.06. The number of fused-ring (bicyclic) bond motifs is 3. The molecule has 2 fully saturated rings. The zero-order valence-corrected chi connectivity index (χ0v) is 13.4. The minimum atomic E-state index is -4.75. The molecule has 2 aliphatic rings. The second kappa shape index (κ2) is 5.32. The molecule has 25 heavy (non-hydrogen) atoms. The lowest BCUT2D eigenvalue weighted by molar-refractivity contribution is -0.183. The Kier molecular flexibility index (Phi) is 3.53. The second-order valence-electron chi connectivity index (χ2n) is 5.83. The molecule has 0 aliphatic carbocycles. The van der Waals surface area contributed by atoms with Gasteiger partial charge in [-0.1, -0.05) is 0 Å². The molecular weight excluding hydrogens is 361 g/mol. The number of phosphoric acid groups is 1. The Bertz CT molecular complexity index is 938. The van der Waals surface area contributed by atoms with Crippen LogP contribution in [0.4, 0.5) is 5.95 Å². The standard InChI is InChI=1S/C11H14N5O8P/c12-10-14-7-4(8(18)15-10)13-3-16(7)9-5-6(17)11(24-9,1-22-5)2-23-25(19,20)21/h3,5-6,9,17H,1-2H2,(H2,19,20,21)(H3,12,14,15,18)/t5-,6?,9+,11+/m0/s1. The van der Waals surface area contributed by atoms with Crippen LogP contribution in [0.3, 0.4) is 0 Å². The Morgan fingerprint density at radius 3 is 3.04 bits per heavy atom. The minimum Gasteiger partial charge on any atom is -0.387 e. The highest BCUT2D eigenvalue weighted by molar-refractivity contribution is 7.46. The van der Waals surface area contributed by atoms with Crippen molar-refractivity contribution in [1.82, 2.24) is 19.5 Å². The fourth-order valence-corrected chi connectivity index (χ4v) is 3.45. The van der Waals surface area contributed by atoms with Gasteiger partial charge in [0.15, 0.2) is 17.4 Å². The van der Waals surface area contributed by atoms with Crippen LogP contribution in [0.25, 0.3) is 11.2 Å². The number of nitrogens with zero attached hydrogens (tertiary/aromatic N) is 3. The number of anilines is 1. The predicted octanol–water partition coefficient (Wildman–Crippen LogP) is -2.16. The van der Waals surface area contributed by atoms with E-state index in [4.69, 9.17) is 25.0 Å². The number of nitrogens with two attached hydrogens (primary N) is 1. The highest BCUT2D eigenvalue weighted by Gasteiger charge is 2.62. The van der Waals surface area contributed by atoms with Gasteiger partial charge >= 0.3 is 7.82 Å². The monoisotopic (exact) mass is 375 g/mol. The Balaban J connectivity index is 1.70. The summed E-state index contributed by atoms with van der Waals surface area (Å²) in [5.74, 6) is -0.122. The van der Waals surface area contributed by atoms with E-state index in [1.54, 1.807) is 0 Å². The Labute approximate surface area is 138 Å². The van der Waals surface area contributed by atoms with Crippen LogP contribution < -0.4 is 11.3 Å². The average Bonchev–Trinajstić information content (AvgIpc) is 3.15. The normalized spacial score (nSPS) is 31.9. The Morgan fingerprint density at radius 2 is 2.32 bits per heavy atom. The third-order valence-electron chi connectivity index (χ3n) is 4.21. The highest BCUT2D eigenvalue weighted by atomic mass is 31.2. The molecule has 6 N–H and O–H groups in total. The summed E-state index contributed by atoms with van der Waals surface area (Å²) in [5.41, 5.74) is 3.69. The summed E-state index contributed by atoms with van der Waals surface area (Å²) in [6.07, 6.45) is -1.71. The minimum absolute atomic E-state index is 0.0237. The topological polar surface area (TPSA) is 195 Å². The van der Waals surface area contributed by atoms with E-state index in [-0.39, 0.29) is 23.7 Å². The van der Waals surface area contributed by atoms with Crippen LogP contribution >= 0.6 is 7.82 Å². The van der Waals surface area contributed by atoms with Gasteiger partial charge in [-0.25, -0.2) is 9.55 Å². The van der Waals surface area contributed by atoms with Crippen LogP contribution in [-0.2, 0) is 18.6 Å². The van der Waals surface area contributed by atoms with Crippen LogP contribution in [0, 0.1) is 0 Å². The zero-order chi connectivity index (χ0) is 18.0. The van der Waals surface area contributed by atoms with Crippen LogP contribution in [0.15, 0.2) is 11.1 Å². The number of aromatic amines is 1. The number of nitrogens with one attached hydrogen (secondary N) is 1. The van der Waals surface area contributed by atoms with E-state index in [1.165, 1.54) is 10.9 Å². The number of hydrogen-bond acceptors (Lipinski definition) is 9. The van der Waals surface area contributed by atoms with Crippen LogP contribution in [0.2, 0.25) is 0 Å². The largest absolute Gasteiger partial charge is 0.469 e. The van der Waals surface area contributed by atoms with Crippen molar-refractivity contribution in [3.63, 3.8) is 0 Å². The van der Waals surface area contributed by atoms with E-state index >= 15 is 0 Å². The van der Waals surface area contributed by atoms with E-state index in [9.17, 15) is 14.5 Å². The quantitative estimate of drug-likeness (QED) is 0.365. The lowest BCUT2D eigenvalue weighted by Gasteiger charge is -2.30. The number of ether oxygens (including phenoxy) is 2. The van der Waals surface area contributed by atoms with Crippen LogP contribution in [-0.4, -0.2) is 65.4 Å². The molecule has 14 heteroatoms. The number of aromatic nitrogens is 4. The summed E-state index contributed by atoms with van der Waals surface area (Å²) in [6, 6.07) is 0. The first kappa shape index (κ1) is 16.6. The van der Waals surface area contributed by atoms with Gasteiger partial charge < -0.3 is 30.1 Å². The number of H-pyrrole nitrogens is 1. The van der Waals surface area contributed by atoms with Gasteiger partial charge in [0.1, 0.15) is 17.8 Å². The van der Waals surface area contributed by atoms with Gasteiger partial charge in [-0.2, -0.15) is 4.98 Å². The van der Waals surface area contributed by atoms with Crippen molar-refractivity contribution in [3.05, 3.63) is 16.7 Å². The van der Waals surface area contributed by atoms with Crippen molar-refractivity contribution in [2.45, 2.75) is 24.0 Å². The molecule has 2 bridgehead atoms. The van der Waals surface area contributed by atoms with Crippen LogP contribution in [0.5, 0.6) is 0 Å². The summed E-state index contributed by atoms with van der Waals surface area (Å²) in [7, 11) is -4.75. The maximum absolute atomic E-state index is 11.8. The number of rotatable bonds is 4. The van der Waals surface area contributed by atoms with Crippen molar-refractivity contribution in [2.24, 2.45) is 0 Å². The molecule has 136 valence electrons. The van der Waals surface area contributed by atoms with Crippen molar-refractivity contribution >= 4 is 24.9 Å². The van der Waals surface area contributed by atoms with E-state index in [0.29, 0.717) is 0 Å². The summed E-state index contributed by atoms with van der Waals surface area (Å²) in [5, 5.41) is 10.4. The van der Waals surface area contributed by atoms with E-state index in [0.717, 1.165) is 0 Å². The molecule has 4 rings (SSSR count). The zero-order valence-electron chi connectivity index (χ0n) is 12.5. The number of imidazole rings is 1. The summed E-state index contributed by atoms with van der Waals surface area (Å²) in [6.45, 7) is -0.688. The third kappa shape index (κ3) is 2.57. The Hall–Kier alpha value is -1.86. The molecule has 2 aromatic rings. The molecule has 2 saturated heterocycles. The molecule has 0 amide bonds. The number of aliphatic hydroxyl groups excluding tert-OH is 1. The lowest BCUT2D eigenvalue weighted by Crippen LogP contribution is -2.44. The van der Waals surface area contributed by atoms with Crippen molar-refractivity contribution in [1.29, 1.82) is 0 Å². The van der Waals surface area contributed by atoms with E-state index in [1.807, 2.05) is 0 Å². The van der Waals surface area contributed by atoms with Gasteiger partial charge in [-0.3, -0.25) is 18.9 Å². The average molecular weight is 375 g/mol. The smallest absolute Gasteiger partial charge is 0.387 e. The van der Waals surface area contributed by atoms with Gasteiger partial charge in [0, 0.05) is 0 Å². The van der Waals surface area contributed by atoms with Crippen LogP contribution in [0.1, 0.15) is 6.23 Å². The molecule has 0 radical (unpaired) electrons. The number of hydrogen-bond donors (Lipinski definition) is 5. The molecule has 1 unspecified atom stereocenters. The Morgan fingerprint density at radius 1 is 1.56 bits per heavy atom. The maximum Gasteiger partial charge on any atom is 0.469 e. The number of phosphoric ester groups is 1. The van der Waals surface area contributed by atoms with Crippen molar-refractivity contribution < 1.29 is 33.5 Å². The first-order valence-corrected chi connectivity index (χ1v) is 8.63. The van der Waals surface area contributed by atoms with Gasteiger partial charge in [0.25, 0.3) is 5.56 Å². The molecule has 4 heterocycles. The van der Waals surface area contributed by atoms with Gasteiger partial charge in [-0.15, -0.1) is 0 Å². The molecule has 2 aliphatic heterocycles. The fraction of sp³-hybridized carbons (Fsp3) is 0.545. The summed E-state index contributed by atoms with van der Waals surface area (Å²) < 4.78 is 28.0. The van der Waals surface area contributed by atoms with Gasteiger partial charge in [-0.05, 0) is 0 Å². The molecule has 0 saturated carbocycles. The predicted molar refractivity (Wildman–Crippen MR) is 79.2 cm³/mol. The molecule has 4 atom stereocenters. The molecule has 2 aromatic heterocycles. The number of nitrogen functional groups attached to an aromatic ring is 1. The van der Waals surface area contributed by atoms with Crippen molar-refractivity contribution in [2.75, 3.05) is 18.9 Å². The molecule has 0 aromatic carbocycles. The molecular formula is C11H14N5O8P. The first-order valence-electron chi connectivity index (χ1n) is 7.10. The SMILES string of the molecule is Nc1nc2c(ncn2[C@@H]2O[C@@]3(COP(=O)(O)O)CO[C@H]2C3O)c(=O)[nH]1. The highest BCUT2D eigenvalue weighted by Crippen LogP contribution is 2.48. The van der Waals surface area contributed by atoms with Gasteiger partial charge in [0.2, 0.25) is 5.95 Å². The molecule has 13 nitrogen and oxygen atoms in total. The first-order chi connectivity index (χ1) is 11.7. The number of aliphatic hydroxyl groups is 1.